The summed E-state index contributed by atoms with van der Waals surface area (Å²) in [5.41, 5.74) is 8.48. The maximum atomic E-state index is 6.17. The fourth-order valence-corrected chi connectivity index (χ4v) is 1.92. The van der Waals surface area contributed by atoms with Crippen LogP contribution in [0.15, 0.2) is 18.3 Å². The van der Waals surface area contributed by atoms with Crippen molar-refractivity contribution >= 4 is 0 Å². The van der Waals surface area contributed by atoms with Crippen LogP contribution in [-0.4, -0.2) is 11.0 Å². The van der Waals surface area contributed by atoms with Crippen molar-refractivity contribution in [3.8, 4) is 0 Å². The van der Waals surface area contributed by atoms with Crippen LogP contribution >= 0.6 is 0 Å². The van der Waals surface area contributed by atoms with Crippen LogP contribution < -0.4 is 5.73 Å². The summed E-state index contributed by atoms with van der Waals surface area (Å²) >= 11 is 0. The number of nitrogens with zero attached hydrogens (tertiary/aromatic N) is 1. The normalized spacial score (nSPS) is 13.1. The number of pyridine rings is 1. The fourth-order valence-electron chi connectivity index (χ4n) is 1.92. The lowest BCUT2D eigenvalue weighted by Gasteiger charge is -2.20. The average molecular weight is 206 g/mol. The van der Waals surface area contributed by atoms with Gasteiger partial charge in [0, 0.05) is 24.4 Å². The van der Waals surface area contributed by atoms with E-state index in [4.69, 9.17) is 5.73 Å². The van der Waals surface area contributed by atoms with Gasteiger partial charge in [-0.3, -0.25) is 4.98 Å². The summed E-state index contributed by atoms with van der Waals surface area (Å²) in [6.07, 6.45) is 5.12. The maximum absolute atomic E-state index is 6.17. The molecule has 2 nitrogen and oxygen atoms in total. The Bertz CT molecular complexity index is 275. The molecule has 2 heteroatoms. The van der Waals surface area contributed by atoms with Crippen LogP contribution in [0.3, 0.4) is 0 Å². The standard InChI is InChI=1S/C13H22N2/c1-4-11(5-2)13(14)8-12-7-6-10(3)9-15-12/h6-7,9,11,13H,4-5,8,14H2,1-3H3. The minimum atomic E-state index is 0.246. The first-order valence-electron chi connectivity index (χ1n) is 5.84. The number of hydrogen-bond donors (Lipinski definition) is 1. The first-order valence-corrected chi connectivity index (χ1v) is 5.84. The third-order valence-corrected chi connectivity index (χ3v) is 3.07. The van der Waals surface area contributed by atoms with E-state index in [9.17, 15) is 0 Å². The molecule has 0 aliphatic rings. The molecule has 1 aromatic rings. The van der Waals surface area contributed by atoms with Gasteiger partial charge in [-0.2, -0.15) is 0 Å². The van der Waals surface area contributed by atoms with Crippen molar-refractivity contribution in [1.29, 1.82) is 0 Å². The molecule has 1 unspecified atom stereocenters. The lowest BCUT2D eigenvalue weighted by atomic mass is 9.91. The zero-order valence-electron chi connectivity index (χ0n) is 10.0. The summed E-state index contributed by atoms with van der Waals surface area (Å²) in [6.45, 7) is 6.46. The second-order valence-electron chi connectivity index (χ2n) is 4.27. The summed E-state index contributed by atoms with van der Waals surface area (Å²) in [4.78, 5) is 4.39. The smallest absolute Gasteiger partial charge is 0.0419 e. The van der Waals surface area contributed by atoms with Gasteiger partial charge in [-0.05, 0) is 24.5 Å². The SMILES string of the molecule is CCC(CC)C(N)Cc1ccc(C)cn1. The fraction of sp³-hybridized carbons (Fsp3) is 0.615. The van der Waals surface area contributed by atoms with Gasteiger partial charge < -0.3 is 5.73 Å². The van der Waals surface area contributed by atoms with Crippen LogP contribution in [-0.2, 0) is 6.42 Å². The zero-order chi connectivity index (χ0) is 11.3. The molecule has 1 rings (SSSR count). The Morgan fingerprint density at radius 3 is 2.40 bits per heavy atom. The van der Waals surface area contributed by atoms with E-state index in [1.54, 1.807) is 0 Å². The second-order valence-corrected chi connectivity index (χ2v) is 4.27. The van der Waals surface area contributed by atoms with Crippen molar-refractivity contribution in [3.63, 3.8) is 0 Å². The first kappa shape index (κ1) is 12.2. The molecule has 2 N–H and O–H groups in total. The highest BCUT2D eigenvalue weighted by Gasteiger charge is 2.14. The predicted octanol–water partition coefficient (Wildman–Crippen LogP) is 2.70. The lowest BCUT2D eigenvalue weighted by molar-refractivity contribution is 0.391. The van der Waals surface area contributed by atoms with Crippen LogP contribution in [0.2, 0.25) is 0 Å². The highest BCUT2D eigenvalue weighted by molar-refractivity contribution is 5.13. The molecule has 0 aromatic carbocycles. The van der Waals surface area contributed by atoms with Crippen LogP contribution in [0.1, 0.15) is 37.9 Å². The monoisotopic (exact) mass is 206 g/mol. The molecule has 0 spiro atoms. The van der Waals surface area contributed by atoms with Gasteiger partial charge in [0.2, 0.25) is 0 Å². The third-order valence-electron chi connectivity index (χ3n) is 3.07. The van der Waals surface area contributed by atoms with E-state index in [0.29, 0.717) is 5.92 Å². The van der Waals surface area contributed by atoms with E-state index in [1.165, 1.54) is 5.56 Å². The quantitative estimate of drug-likeness (QED) is 0.804. The highest BCUT2D eigenvalue weighted by atomic mass is 14.7. The van der Waals surface area contributed by atoms with Crippen LogP contribution in [0, 0.1) is 12.8 Å². The minimum absolute atomic E-state index is 0.246. The van der Waals surface area contributed by atoms with Crippen molar-refractivity contribution < 1.29 is 0 Å². The average Bonchev–Trinajstić information content (AvgIpc) is 2.23. The van der Waals surface area contributed by atoms with E-state index in [-0.39, 0.29) is 6.04 Å². The van der Waals surface area contributed by atoms with E-state index < -0.39 is 0 Å². The van der Waals surface area contributed by atoms with Crippen LogP contribution in [0.5, 0.6) is 0 Å². The Morgan fingerprint density at radius 2 is 1.93 bits per heavy atom. The first-order chi connectivity index (χ1) is 7.17. The molecule has 0 aliphatic carbocycles. The summed E-state index contributed by atoms with van der Waals surface area (Å²) < 4.78 is 0. The molecular formula is C13H22N2. The Hall–Kier alpha value is -0.890. The molecule has 1 atom stereocenters. The van der Waals surface area contributed by atoms with Crippen LogP contribution in [0.25, 0.3) is 0 Å². The van der Waals surface area contributed by atoms with Crippen LogP contribution in [0.4, 0.5) is 0 Å². The molecule has 0 fully saturated rings. The summed E-state index contributed by atoms with van der Waals surface area (Å²) in [6, 6.07) is 4.43. The molecule has 15 heavy (non-hydrogen) atoms. The summed E-state index contributed by atoms with van der Waals surface area (Å²) in [7, 11) is 0. The number of aryl methyl sites for hydroxylation is 1. The Morgan fingerprint density at radius 1 is 1.27 bits per heavy atom. The minimum Gasteiger partial charge on any atom is -0.327 e. The van der Waals surface area contributed by atoms with Gasteiger partial charge >= 0.3 is 0 Å². The van der Waals surface area contributed by atoms with E-state index in [2.05, 4.69) is 37.9 Å². The topological polar surface area (TPSA) is 38.9 Å². The molecule has 1 aromatic heterocycles. The zero-order valence-corrected chi connectivity index (χ0v) is 10.0. The third kappa shape index (κ3) is 3.63. The molecule has 0 radical (unpaired) electrons. The van der Waals surface area contributed by atoms with E-state index in [1.807, 2.05) is 6.20 Å². The van der Waals surface area contributed by atoms with Crippen molar-refractivity contribution in [2.45, 2.75) is 46.1 Å². The van der Waals surface area contributed by atoms with E-state index in [0.717, 1.165) is 25.0 Å². The van der Waals surface area contributed by atoms with Gasteiger partial charge in [0.05, 0.1) is 0 Å². The van der Waals surface area contributed by atoms with Gasteiger partial charge in [0.1, 0.15) is 0 Å². The van der Waals surface area contributed by atoms with Gasteiger partial charge in [-0.1, -0.05) is 32.8 Å². The molecule has 0 saturated heterocycles. The molecule has 0 bridgehead atoms. The molecule has 0 aliphatic heterocycles. The number of hydrogen-bond acceptors (Lipinski definition) is 2. The number of nitrogens with two attached hydrogens (primary N) is 1. The van der Waals surface area contributed by atoms with Crippen molar-refractivity contribution in [1.82, 2.24) is 4.98 Å². The number of rotatable bonds is 5. The Labute approximate surface area is 92.9 Å². The van der Waals surface area contributed by atoms with Crippen molar-refractivity contribution in [3.05, 3.63) is 29.6 Å². The molecule has 1 heterocycles. The molecule has 0 saturated carbocycles. The van der Waals surface area contributed by atoms with E-state index >= 15 is 0 Å². The highest BCUT2D eigenvalue weighted by Crippen LogP contribution is 2.14. The largest absolute Gasteiger partial charge is 0.327 e. The van der Waals surface area contributed by atoms with Crippen molar-refractivity contribution in [2.75, 3.05) is 0 Å². The van der Waals surface area contributed by atoms with Gasteiger partial charge in [0.25, 0.3) is 0 Å². The number of aromatic nitrogens is 1. The molecular weight excluding hydrogens is 184 g/mol. The predicted molar refractivity (Wildman–Crippen MR) is 64.7 cm³/mol. The molecule has 0 amide bonds. The Balaban J connectivity index is 2.57. The second kappa shape index (κ2) is 5.86. The van der Waals surface area contributed by atoms with Gasteiger partial charge in [-0.15, -0.1) is 0 Å². The van der Waals surface area contributed by atoms with Gasteiger partial charge in [-0.25, -0.2) is 0 Å². The maximum Gasteiger partial charge on any atom is 0.0419 e. The van der Waals surface area contributed by atoms with Crippen molar-refractivity contribution in [2.24, 2.45) is 11.7 Å². The Kier molecular flexibility index (Phi) is 4.76. The summed E-state index contributed by atoms with van der Waals surface area (Å²) in [5, 5.41) is 0. The summed E-state index contributed by atoms with van der Waals surface area (Å²) in [5.74, 6) is 0.619. The lowest BCUT2D eigenvalue weighted by Crippen LogP contribution is -2.31. The van der Waals surface area contributed by atoms with Gasteiger partial charge in [0.15, 0.2) is 0 Å². The molecule has 84 valence electrons.